The lowest BCUT2D eigenvalue weighted by Gasteiger charge is -2.12. The molecule has 1 N–H and O–H groups in total. The van der Waals surface area contributed by atoms with Gasteiger partial charge in [0.1, 0.15) is 11.6 Å². The molecule has 6 heteroatoms. The first kappa shape index (κ1) is 18.4. The summed E-state index contributed by atoms with van der Waals surface area (Å²) in [5.74, 6) is -1.37. The van der Waals surface area contributed by atoms with Crippen molar-refractivity contribution in [1.82, 2.24) is 10.3 Å². The molecule has 0 bridgehead atoms. The molecule has 0 atom stereocenters. The van der Waals surface area contributed by atoms with Crippen LogP contribution in [0.15, 0.2) is 42.5 Å². The van der Waals surface area contributed by atoms with Crippen molar-refractivity contribution in [1.29, 1.82) is 0 Å². The fourth-order valence-electron chi connectivity index (χ4n) is 4.95. The van der Waals surface area contributed by atoms with Gasteiger partial charge in [-0.15, -0.1) is 0 Å². The SMILES string of the molecule is O=C1NCc2nc(-c3c(F)cccc3F)cc(Cc3ccc4c(c3)CC3(CC3)C4=O)c21. The zero-order valence-corrected chi connectivity index (χ0v) is 16.6. The number of fused-ring (bicyclic) bond motifs is 2. The Hall–Kier alpha value is -3.41. The third-order valence-corrected chi connectivity index (χ3v) is 6.71. The van der Waals surface area contributed by atoms with Gasteiger partial charge >= 0.3 is 0 Å². The van der Waals surface area contributed by atoms with Crippen molar-refractivity contribution in [3.8, 4) is 11.3 Å². The van der Waals surface area contributed by atoms with Crippen molar-refractivity contribution in [3.63, 3.8) is 0 Å². The van der Waals surface area contributed by atoms with E-state index < -0.39 is 11.6 Å². The second kappa shape index (κ2) is 6.30. The molecule has 4 nitrogen and oxygen atoms in total. The number of hydrogen-bond donors (Lipinski definition) is 1. The van der Waals surface area contributed by atoms with E-state index in [9.17, 15) is 18.4 Å². The summed E-state index contributed by atoms with van der Waals surface area (Å²) in [4.78, 5) is 29.4. The van der Waals surface area contributed by atoms with Gasteiger partial charge in [0.15, 0.2) is 5.78 Å². The Labute approximate surface area is 177 Å². The lowest BCUT2D eigenvalue weighted by atomic mass is 9.95. The van der Waals surface area contributed by atoms with Crippen LogP contribution in [0.25, 0.3) is 11.3 Å². The fourth-order valence-corrected chi connectivity index (χ4v) is 4.95. The number of Topliss-reactive ketones (excluding diaryl/α,β-unsaturated/α-hetero) is 1. The van der Waals surface area contributed by atoms with E-state index in [1.165, 1.54) is 18.2 Å². The van der Waals surface area contributed by atoms with Gasteiger partial charge in [-0.05, 0) is 60.6 Å². The molecule has 1 saturated carbocycles. The second-order valence-corrected chi connectivity index (χ2v) is 8.72. The van der Waals surface area contributed by atoms with Crippen molar-refractivity contribution in [2.75, 3.05) is 0 Å². The number of benzene rings is 2. The third kappa shape index (κ3) is 2.74. The molecule has 2 aromatic carbocycles. The van der Waals surface area contributed by atoms with Crippen LogP contribution in [-0.4, -0.2) is 16.7 Å². The van der Waals surface area contributed by atoms with Crippen LogP contribution < -0.4 is 5.32 Å². The number of carbonyl (C=O) groups excluding carboxylic acids is 2. The molecule has 3 aliphatic rings. The standard InChI is InChI=1S/C25H18F2N2O2/c26-17-2-1-3-18(27)22(17)19-10-14(21-20(29-19)12-28-24(21)31)8-13-4-5-16-15(9-13)11-25(6-7-25)23(16)30/h1-5,9-10H,6-8,11-12H2,(H,28,31). The highest BCUT2D eigenvalue weighted by Crippen LogP contribution is 2.55. The van der Waals surface area contributed by atoms with E-state index in [-0.39, 0.29) is 34.9 Å². The molecule has 0 saturated heterocycles. The molecular weight excluding hydrogens is 398 g/mol. The Kier molecular flexibility index (Phi) is 3.73. The number of nitrogens with zero attached hydrogens (tertiary/aromatic N) is 1. The van der Waals surface area contributed by atoms with E-state index in [0.717, 1.165) is 36.0 Å². The fraction of sp³-hybridized carbons (Fsp3) is 0.240. The number of aromatic nitrogens is 1. The smallest absolute Gasteiger partial charge is 0.253 e. The lowest BCUT2D eigenvalue weighted by molar-refractivity contribution is 0.0918. The van der Waals surface area contributed by atoms with Crippen molar-refractivity contribution >= 4 is 11.7 Å². The molecule has 1 amide bonds. The summed E-state index contributed by atoms with van der Waals surface area (Å²) >= 11 is 0. The second-order valence-electron chi connectivity index (χ2n) is 8.72. The molecule has 1 fully saturated rings. The highest BCUT2D eigenvalue weighted by Gasteiger charge is 2.54. The summed E-state index contributed by atoms with van der Waals surface area (Å²) in [5, 5.41) is 2.75. The van der Waals surface area contributed by atoms with Gasteiger partial charge in [-0.2, -0.15) is 0 Å². The number of nitrogens with one attached hydrogen (secondary N) is 1. The topological polar surface area (TPSA) is 59.1 Å². The highest BCUT2D eigenvalue weighted by atomic mass is 19.1. The molecule has 6 rings (SSSR count). The largest absolute Gasteiger partial charge is 0.346 e. The minimum Gasteiger partial charge on any atom is -0.346 e. The quantitative estimate of drug-likeness (QED) is 0.689. The van der Waals surface area contributed by atoms with Gasteiger partial charge in [0.2, 0.25) is 0 Å². The molecule has 31 heavy (non-hydrogen) atoms. The van der Waals surface area contributed by atoms with Gasteiger partial charge in [0.25, 0.3) is 5.91 Å². The van der Waals surface area contributed by atoms with Gasteiger partial charge < -0.3 is 5.32 Å². The lowest BCUT2D eigenvalue weighted by Crippen LogP contribution is -2.14. The van der Waals surface area contributed by atoms with Crippen LogP contribution in [0.1, 0.15) is 55.9 Å². The zero-order chi connectivity index (χ0) is 21.3. The Morgan fingerprint density at radius 3 is 2.52 bits per heavy atom. The van der Waals surface area contributed by atoms with Crippen molar-refractivity contribution in [2.24, 2.45) is 5.41 Å². The van der Waals surface area contributed by atoms with Crippen LogP contribution in [0.2, 0.25) is 0 Å². The summed E-state index contributed by atoms with van der Waals surface area (Å²) in [6.45, 7) is 0.228. The molecule has 1 spiro atoms. The molecule has 0 radical (unpaired) electrons. The number of rotatable bonds is 3. The minimum atomic E-state index is -0.693. The Morgan fingerprint density at radius 2 is 1.77 bits per heavy atom. The van der Waals surface area contributed by atoms with E-state index in [2.05, 4.69) is 10.3 Å². The van der Waals surface area contributed by atoms with Crippen LogP contribution in [0.3, 0.4) is 0 Å². The number of pyridine rings is 1. The van der Waals surface area contributed by atoms with Gasteiger partial charge in [-0.25, -0.2) is 13.8 Å². The molecule has 1 aromatic heterocycles. The summed E-state index contributed by atoms with van der Waals surface area (Å²) in [6.07, 6.45) is 3.09. The highest BCUT2D eigenvalue weighted by molar-refractivity contribution is 6.06. The Morgan fingerprint density at radius 1 is 1.00 bits per heavy atom. The molecule has 154 valence electrons. The Balaban J connectivity index is 1.44. The number of carbonyl (C=O) groups is 2. The summed E-state index contributed by atoms with van der Waals surface area (Å²) in [6, 6.07) is 11.1. The minimum absolute atomic E-state index is 0.172. The molecule has 2 aliphatic carbocycles. The average molecular weight is 416 g/mol. The number of ketones is 1. The van der Waals surface area contributed by atoms with Crippen molar-refractivity contribution in [2.45, 2.75) is 32.2 Å². The monoisotopic (exact) mass is 416 g/mol. The maximum Gasteiger partial charge on any atom is 0.253 e. The molecular formula is C25H18F2N2O2. The maximum absolute atomic E-state index is 14.4. The molecule has 1 aliphatic heterocycles. The van der Waals surface area contributed by atoms with Gasteiger partial charge in [-0.3, -0.25) is 9.59 Å². The van der Waals surface area contributed by atoms with Crippen LogP contribution in [0.5, 0.6) is 0 Å². The molecule has 0 unspecified atom stereocenters. The predicted molar refractivity (Wildman–Crippen MR) is 110 cm³/mol. The van der Waals surface area contributed by atoms with E-state index >= 15 is 0 Å². The first-order chi connectivity index (χ1) is 14.9. The number of amides is 1. The number of halogens is 2. The Bertz CT molecular complexity index is 1290. The van der Waals surface area contributed by atoms with Gasteiger partial charge in [0.05, 0.1) is 29.1 Å². The van der Waals surface area contributed by atoms with Crippen LogP contribution >= 0.6 is 0 Å². The first-order valence-electron chi connectivity index (χ1n) is 10.4. The van der Waals surface area contributed by atoms with Crippen molar-refractivity contribution < 1.29 is 18.4 Å². The van der Waals surface area contributed by atoms with E-state index in [0.29, 0.717) is 23.2 Å². The van der Waals surface area contributed by atoms with Gasteiger partial charge in [0, 0.05) is 11.0 Å². The predicted octanol–water partition coefficient (Wildman–Crippen LogP) is 4.38. The average Bonchev–Trinajstić information content (AvgIpc) is 3.34. The van der Waals surface area contributed by atoms with Crippen LogP contribution in [0.4, 0.5) is 8.78 Å². The first-order valence-corrected chi connectivity index (χ1v) is 10.4. The van der Waals surface area contributed by atoms with Crippen LogP contribution in [-0.2, 0) is 19.4 Å². The maximum atomic E-state index is 14.4. The third-order valence-electron chi connectivity index (χ3n) is 6.71. The number of hydrogen-bond acceptors (Lipinski definition) is 3. The summed E-state index contributed by atoms with van der Waals surface area (Å²) in [5.41, 5.74) is 4.25. The summed E-state index contributed by atoms with van der Waals surface area (Å²) < 4.78 is 28.8. The molecule has 3 aromatic rings. The summed E-state index contributed by atoms with van der Waals surface area (Å²) in [7, 11) is 0. The normalized spacial score (nSPS) is 17.6. The van der Waals surface area contributed by atoms with Crippen LogP contribution in [0, 0.1) is 17.0 Å². The van der Waals surface area contributed by atoms with E-state index in [1.807, 2.05) is 18.2 Å². The van der Waals surface area contributed by atoms with E-state index in [4.69, 9.17) is 0 Å². The molecule has 2 heterocycles. The van der Waals surface area contributed by atoms with Gasteiger partial charge in [-0.1, -0.05) is 24.3 Å². The van der Waals surface area contributed by atoms with Crippen molar-refractivity contribution in [3.05, 3.63) is 87.6 Å². The zero-order valence-electron chi connectivity index (χ0n) is 16.6. The van der Waals surface area contributed by atoms with E-state index in [1.54, 1.807) is 6.07 Å².